The lowest BCUT2D eigenvalue weighted by Crippen LogP contribution is -2.42. The van der Waals surface area contributed by atoms with Gasteiger partial charge in [-0.05, 0) is 25.7 Å². The van der Waals surface area contributed by atoms with E-state index < -0.39 is 21.0 Å². The van der Waals surface area contributed by atoms with Crippen molar-refractivity contribution in [2.75, 3.05) is 0 Å². The van der Waals surface area contributed by atoms with Gasteiger partial charge in [-0.3, -0.25) is 4.79 Å². The average Bonchev–Trinajstić information content (AvgIpc) is 3.09. The molecule has 2 rings (SSSR count). The van der Waals surface area contributed by atoms with Gasteiger partial charge in [-0.1, -0.05) is 31.8 Å². The second-order valence-electron chi connectivity index (χ2n) is 6.64. The molecule has 0 saturated heterocycles. The van der Waals surface area contributed by atoms with E-state index in [1.807, 2.05) is 13.8 Å². The van der Waals surface area contributed by atoms with Crippen molar-refractivity contribution in [1.82, 2.24) is 15.5 Å². The molecule has 1 aliphatic rings. The van der Waals surface area contributed by atoms with Gasteiger partial charge in [0.15, 0.2) is 15.7 Å². The zero-order valence-corrected chi connectivity index (χ0v) is 14.7. The lowest BCUT2D eigenvalue weighted by molar-refractivity contribution is -0.121. The summed E-state index contributed by atoms with van der Waals surface area (Å²) < 4.78 is 29.8. The van der Waals surface area contributed by atoms with E-state index in [1.54, 1.807) is 0 Å². The summed E-state index contributed by atoms with van der Waals surface area (Å²) in [6, 6.07) is 0.1000. The second-order valence-corrected chi connectivity index (χ2v) is 8.96. The Bertz CT molecular complexity index is 633. The number of carbonyl (C=O) groups excluding carboxylic acids is 1. The third kappa shape index (κ3) is 5.02. The highest BCUT2D eigenvalue weighted by molar-refractivity contribution is 7.92. The Balaban J connectivity index is 1.96. The Kier molecular flexibility index (Phi) is 5.78. The standard InChI is InChI=1S/C15H25N3O4S/c1-10(2)8-14-17-13(18-22-14)9-23(20,21)11(3)15(19)16-12-6-4-5-7-12/h10-12H,4-9H2,1-3H3,(H,16,19)/t11-/m0/s1. The molecule has 0 spiro atoms. The number of nitrogens with one attached hydrogen (secondary N) is 1. The summed E-state index contributed by atoms with van der Waals surface area (Å²) in [7, 11) is -3.67. The Labute approximate surface area is 137 Å². The van der Waals surface area contributed by atoms with Gasteiger partial charge in [0.25, 0.3) is 0 Å². The Morgan fingerprint density at radius 1 is 1.30 bits per heavy atom. The third-order valence-corrected chi connectivity index (χ3v) is 5.98. The topological polar surface area (TPSA) is 102 Å². The van der Waals surface area contributed by atoms with Gasteiger partial charge in [-0.25, -0.2) is 8.42 Å². The van der Waals surface area contributed by atoms with Crippen LogP contribution in [0.1, 0.15) is 58.2 Å². The number of rotatable bonds is 7. The van der Waals surface area contributed by atoms with Gasteiger partial charge in [0.1, 0.15) is 11.0 Å². The van der Waals surface area contributed by atoms with Crippen molar-refractivity contribution >= 4 is 15.7 Å². The highest BCUT2D eigenvalue weighted by atomic mass is 32.2. The Hall–Kier alpha value is -1.44. The first-order valence-electron chi connectivity index (χ1n) is 8.11. The van der Waals surface area contributed by atoms with E-state index in [9.17, 15) is 13.2 Å². The summed E-state index contributed by atoms with van der Waals surface area (Å²) in [5, 5.41) is 5.41. The maximum Gasteiger partial charge on any atom is 0.238 e. The van der Waals surface area contributed by atoms with Crippen LogP contribution in [0.25, 0.3) is 0 Å². The minimum atomic E-state index is -3.67. The van der Waals surface area contributed by atoms with Crippen LogP contribution in [-0.2, 0) is 26.8 Å². The van der Waals surface area contributed by atoms with Crippen LogP contribution >= 0.6 is 0 Å². The van der Waals surface area contributed by atoms with Crippen molar-refractivity contribution < 1.29 is 17.7 Å². The first kappa shape index (κ1) is 17.9. The van der Waals surface area contributed by atoms with E-state index in [0.29, 0.717) is 18.2 Å². The van der Waals surface area contributed by atoms with E-state index in [-0.39, 0.29) is 17.6 Å². The van der Waals surface area contributed by atoms with Crippen molar-refractivity contribution in [1.29, 1.82) is 0 Å². The van der Waals surface area contributed by atoms with Gasteiger partial charge in [-0.2, -0.15) is 4.98 Å². The third-order valence-electron chi connectivity index (χ3n) is 4.03. The molecule has 7 nitrogen and oxygen atoms in total. The molecule has 1 saturated carbocycles. The number of aromatic nitrogens is 2. The van der Waals surface area contributed by atoms with E-state index in [2.05, 4.69) is 15.5 Å². The quantitative estimate of drug-likeness (QED) is 0.807. The molecular formula is C15H25N3O4S. The molecule has 1 heterocycles. The van der Waals surface area contributed by atoms with Crippen LogP contribution in [-0.4, -0.2) is 35.8 Å². The minimum Gasteiger partial charge on any atom is -0.352 e. The van der Waals surface area contributed by atoms with Gasteiger partial charge >= 0.3 is 0 Å². The molecule has 1 fully saturated rings. The molecule has 0 radical (unpaired) electrons. The van der Waals surface area contributed by atoms with Crippen LogP contribution < -0.4 is 5.32 Å². The number of hydrogen-bond donors (Lipinski definition) is 1. The van der Waals surface area contributed by atoms with Gasteiger partial charge in [0.05, 0.1) is 0 Å². The zero-order valence-electron chi connectivity index (χ0n) is 13.9. The first-order valence-corrected chi connectivity index (χ1v) is 9.83. The molecule has 0 unspecified atom stereocenters. The van der Waals surface area contributed by atoms with Crippen LogP contribution in [0.2, 0.25) is 0 Å². The predicted octanol–water partition coefficient (Wildman–Crippen LogP) is 1.63. The Morgan fingerprint density at radius 2 is 1.96 bits per heavy atom. The van der Waals surface area contributed by atoms with Crippen LogP contribution in [0.3, 0.4) is 0 Å². The van der Waals surface area contributed by atoms with E-state index in [1.165, 1.54) is 6.92 Å². The summed E-state index contributed by atoms with van der Waals surface area (Å²) >= 11 is 0. The van der Waals surface area contributed by atoms with Gasteiger partial charge in [-0.15, -0.1) is 0 Å². The summed E-state index contributed by atoms with van der Waals surface area (Å²) in [5.74, 6) is 0.0571. The summed E-state index contributed by atoms with van der Waals surface area (Å²) in [5.41, 5.74) is 0. The number of amides is 1. The van der Waals surface area contributed by atoms with Gasteiger partial charge in [0, 0.05) is 12.5 Å². The number of carbonyl (C=O) groups is 1. The molecule has 1 aromatic heterocycles. The van der Waals surface area contributed by atoms with Crippen molar-refractivity contribution in [3.05, 3.63) is 11.7 Å². The molecule has 0 aromatic carbocycles. The maximum absolute atomic E-state index is 12.4. The molecule has 1 N–H and O–H groups in total. The first-order chi connectivity index (χ1) is 10.8. The zero-order chi connectivity index (χ0) is 17.0. The molecule has 1 atom stereocenters. The highest BCUT2D eigenvalue weighted by Crippen LogP contribution is 2.18. The number of sulfone groups is 1. The van der Waals surface area contributed by atoms with Crippen LogP contribution in [0.4, 0.5) is 0 Å². The second kappa shape index (κ2) is 7.42. The molecular weight excluding hydrogens is 318 g/mol. The number of nitrogens with zero attached hydrogens (tertiary/aromatic N) is 2. The fourth-order valence-corrected chi connectivity index (χ4v) is 3.76. The highest BCUT2D eigenvalue weighted by Gasteiger charge is 2.31. The van der Waals surface area contributed by atoms with Crippen molar-refractivity contribution in [3.63, 3.8) is 0 Å². The molecule has 0 aliphatic heterocycles. The van der Waals surface area contributed by atoms with Crippen LogP contribution in [0.5, 0.6) is 0 Å². The fraction of sp³-hybridized carbons (Fsp3) is 0.800. The summed E-state index contributed by atoms with van der Waals surface area (Å²) in [6.07, 6.45) is 4.59. The summed E-state index contributed by atoms with van der Waals surface area (Å²) in [6.45, 7) is 5.43. The molecule has 1 amide bonds. The normalized spacial score (nSPS) is 17.6. The number of hydrogen-bond acceptors (Lipinski definition) is 6. The van der Waals surface area contributed by atoms with Gasteiger partial charge < -0.3 is 9.84 Å². The summed E-state index contributed by atoms with van der Waals surface area (Å²) in [4.78, 5) is 16.2. The van der Waals surface area contributed by atoms with Crippen molar-refractivity contribution in [2.24, 2.45) is 5.92 Å². The van der Waals surface area contributed by atoms with Crippen LogP contribution in [0, 0.1) is 5.92 Å². The van der Waals surface area contributed by atoms with Crippen molar-refractivity contribution in [3.8, 4) is 0 Å². The monoisotopic (exact) mass is 343 g/mol. The molecule has 23 heavy (non-hydrogen) atoms. The predicted molar refractivity (Wildman–Crippen MR) is 85.3 cm³/mol. The Morgan fingerprint density at radius 3 is 2.57 bits per heavy atom. The molecule has 1 aromatic rings. The molecule has 8 heteroatoms. The van der Waals surface area contributed by atoms with E-state index in [4.69, 9.17) is 4.52 Å². The van der Waals surface area contributed by atoms with E-state index in [0.717, 1.165) is 25.7 Å². The average molecular weight is 343 g/mol. The molecule has 1 aliphatic carbocycles. The largest absolute Gasteiger partial charge is 0.352 e. The van der Waals surface area contributed by atoms with E-state index >= 15 is 0 Å². The maximum atomic E-state index is 12.4. The lowest BCUT2D eigenvalue weighted by Gasteiger charge is -2.16. The minimum absolute atomic E-state index is 0.1000. The molecule has 0 bridgehead atoms. The molecule has 130 valence electrons. The van der Waals surface area contributed by atoms with Crippen molar-refractivity contribution in [2.45, 2.75) is 69.9 Å². The van der Waals surface area contributed by atoms with Crippen LogP contribution in [0.15, 0.2) is 4.52 Å². The van der Waals surface area contributed by atoms with Gasteiger partial charge in [0.2, 0.25) is 11.8 Å². The lowest BCUT2D eigenvalue weighted by atomic mass is 10.1. The fourth-order valence-electron chi connectivity index (χ4n) is 2.64. The SMILES string of the molecule is CC(C)Cc1nc(CS(=O)(=O)[C@@H](C)C(=O)NC2CCCC2)no1. The smallest absolute Gasteiger partial charge is 0.238 e.